The molecule has 0 aromatic rings. The number of nitrogens with one attached hydrogen (secondary N) is 1. The average Bonchev–Trinajstić information content (AvgIpc) is 3.05. The molecule has 2 fully saturated rings. The number of nitrogens with zero attached hydrogens (tertiary/aromatic N) is 1. The van der Waals surface area contributed by atoms with Crippen molar-refractivity contribution in [3.8, 4) is 0 Å². The van der Waals surface area contributed by atoms with Crippen molar-refractivity contribution in [2.24, 2.45) is 17.8 Å². The van der Waals surface area contributed by atoms with Crippen LogP contribution in [0.3, 0.4) is 0 Å². The molecule has 2 N–H and O–H groups in total. The molecule has 0 aromatic carbocycles. The quantitative estimate of drug-likeness (QED) is 0.752. The Morgan fingerprint density at radius 2 is 2.17 bits per heavy atom. The van der Waals surface area contributed by atoms with Gasteiger partial charge >= 0.3 is 5.97 Å². The van der Waals surface area contributed by atoms with Gasteiger partial charge in [-0.2, -0.15) is 0 Å². The molecule has 0 radical (unpaired) electrons. The van der Waals surface area contributed by atoms with Gasteiger partial charge in [0, 0.05) is 25.6 Å². The standard InChI is InChI=1S/C13H22N2O3/c1-9-5-11(9)13(18)15-4-2-3-10(8-15)6-14-7-12(16)17/h9-11,14H,2-8H2,1H3,(H,16,17). The predicted molar refractivity (Wildman–Crippen MR) is 67.1 cm³/mol. The Balaban J connectivity index is 1.74. The van der Waals surface area contributed by atoms with E-state index in [0.29, 0.717) is 24.3 Å². The first-order valence-corrected chi connectivity index (χ1v) is 6.79. The van der Waals surface area contributed by atoms with Crippen LogP contribution in [-0.4, -0.2) is 48.1 Å². The number of likely N-dealkylation sites (tertiary alicyclic amines) is 1. The summed E-state index contributed by atoms with van der Waals surface area (Å²) < 4.78 is 0. The number of hydrogen-bond donors (Lipinski definition) is 2. The summed E-state index contributed by atoms with van der Waals surface area (Å²) in [5.74, 6) is 0.700. The third kappa shape index (κ3) is 3.45. The molecule has 0 spiro atoms. The first kappa shape index (κ1) is 13.3. The van der Waals surface area contributed by atoms with Crippen molar-refractivity contribution in [3.05, 3.63) is 0 Å². The molecule has 1 aliphatic carbocycles. The van der Waals surface area contributed by atoms with Crippen molar-refractivity contribution >= 4 is 11.9 Å². The van der Waals surface area contributed by atoms with Gasteiger partial charge < -0.3 is 15.3 Å². The Labute approximate surface area is 108 Å². The zero-order valence-electron chi connectivity index (χ0n) is 10.9. The number of carboxylic acids is 1. The highest BCUT2D eigenvalue weighted by molar-refractivity contribution is 5.81. The van der Waals surface area contributed by atoms with E-state index in [0.717, 1.165) is 32.4 Å². The van der Waals surface area contributed by atoms with Gasteiger partial charge in [0.1, 0.15) is 0 Å². The molecular formula is C13H22N2O3. The summed E-state index contributed by atoms with van der Waals surface area (Å²) in [7, 11) is 0. The molecule has 2 aliphatic rings. The third-order valence-electron chi connectivity index (χ3n) is 3.97. The topological polar surface area (TPSA) is 69.6 Å². The lowest BCUT2D eigenvalue weighted by Gasteiger charge is -2.33. The van der Waals surface area contributed by atoms with E-state index in [4.69, 9.17) is 5.11 Å². The molecule has 0 aromatic heterocycles. The van der Waals surface area contributed by atoms with E-state index in [1.54, 1.807) is 0 Å². The number of carboxylic acid groups (broad SMARTS) is 1. The van der Waals surface area contributed by atoms with Crippen molar-refractivity contribution in [1.29, 1.82) is 0 Å². The van der Waals surface area contributed by atoms with Gasteiger partial charge in [-0.1, -0.05) is 6.92 Å². The summed E-state index contributed by atoms with van der Waals surface area (Å²) in [5.41, 5.74) is 0. The first-order chi connectivity index (χ1) is 8.58. The van der Waals surface area contributed by atoms with E-state index < -0.39 is 5.97 Å². The molecule has 2 rings (SSSR count). The van der Waals surface area contributed by atoms with Gasteiger partial charge in [0.2, 0.25) is 5.91 Å². The number of aliphatic carboxylic acids is 1. The van der Waals surface area contributed by atoms with E-state index in [-0.39, 0.29) is 12.5 Å². The molecule has 0 bridgehead atoms. The van der Waals surface area contributed by atoms with Crippen LogP contribution < -0.4 is 5.32 Å². The van der Waals surface area contributed by atoms with Crippen LogP contribution in [0.1, 0.15) is 26.2 Å². The second-order valence-electron chi connectivity index (χ2n) is 5.64. The van der Waals surface area contributed by atoms with Crippen LogP contribution in [0.2, 0.25) is 0 Å². The summed E-state index contributed by atoms with van der Waals surface area (Å²) in [6.45, 7) is 4.48. The highest BCUT2D eigenvalue weighted by Gasteiger charge is 2.42. The number of rotatable bonds is 5. The summed E-state index contributed by atoms with van der Waals surface area (Å²) in [5, 5.41) is 11.5. The molecule has 1 saturated heterocycles. The number of amides is 1. The van der Waals surface area contributed by atoms with Crippen molar-refractivity contribution in [2.75, 3.05) is 26.2 Å². The lowest BCUT2D eigenvalue weighted by Crippen LogP contribution is -2.44. The fourth-order valence-electron chi connectivity index (χ4n) is 2.72. The number of piperidine rings is 1. The SMILES string of the molecule is CC1CC1C(=O)N1CCCC(CNCC(=O)O)C1. The van der Waals surface area contributed by atoms with Crippen LogP contribution in [0.15, 0.2) is 0 Å². The summed E-state index contributed by atoms with van der Waals surface area (Å²) in [4.78, 5) is 24.5. The summed E-state index contributed by atoms with van der Waals surface area (Å²) in [6, 6.07) is 0. The van der Waals surface area contributed by atoms with Crippen molar-refractivity contribution in [1.82, 2.24) is 10.2 Å². The third-order valence-corrected chi connectivity index (χ3v) is 3.97. The summed E-state index contributed by atoms with van der Waals surface area (Å²) in [6.07, 6.45) is 3.15. The minimum Gasteiger partial charge on any atom is -0.480 e. The molecular weight excluding hydrogens is 232 g/mol. The van der Waals surface area contributed by atoms with E-state index >= 15 is 0 Å². The molecule has 3 unspecified atom stereocenters. The van der Waals surface area contributed by atoms with E-state index in [9.17, 15) is 9.59 Å². The van der Waals surface area contributed by atoms with Gasteiger partial charge in [0.05, 0.1) is 6.54 Å². The zero-order chi connectivity index (χ0) is 13.1. The largest absolute Gasteiger partial charge is 0.480 e. The average molecular weight is 254 g/mol. The molecule has 3 atom stereocenters. The van der Waals surface area contributed by atoms with Crippen LogP contribution in [0.5, 0.6) is 0 Å². The Morgan fingerprint density at radius 1 is 1.44 bits per heavy atom. The van der Waals surface area contributed by atoms with Gasteiger partial charge in [0.25, 0.3) is 0 Å². The molecule has 1 saturated carbocycles. The molecule has 5 heteroatoms. The fourth-order valence-corrected chi connectivity index (χ4v) is 2.72. The van der Waals surface area contributed by atoms with E-state index in [2.05, 4.69) is 12.2 Å². The fraction of sp³-hybridized carbons (Fsp3) is 0.846. The normalized spacial score (nSPS) is 31.2. The smallest absolute Gasteiger partial charge is 0.317 e. The lowest BCUT2D eigenvalue weighted by atomic mass is 9.97. The van der Waals surface area contributed by atoms with Crippen LogP contribution in [0.25, 0.3) is 0 Å². The van der Waals surface area contributed by atoms with Crippen molar-refractivity contribution in [3.63, 3.8) is 0 Å². The molecule has 18 heavy (non-hydrogen) atoms. The molecule has 1 amide bonds. The monoisotopic (exact) mass is 254 g/mol. The highest BCUT2D eigenvalue weighted by atomic mass is 16.4. The van der Waals surface area contributed by atoms with Gasteiger partial charge in [-0.05, 0) is 31.1 Å². The van der Waals surface area contributed by atoms with Crippen LogP contribution in [0.4, 0.5) is 0 Å². The number of carbonyl (C=O) groups excluding carboxylic acids is 1. The molecule has 5 nitrogen and oxygen atoms in total. The Morgan fingerprint density at radius 3 is 2.78 bits per heavy atom. The van der Waals surface area contributed by atoms with Crippen LogP contribution in [0, 0.1) is 17.8 Å². The molecule has 1 aliphatic heterocycles. The van der Waals surface area contributed by atoms with Gasteiger partial charge in [0.15, 0.2) is 0 Å². The van der Waals surface area contributed by atoms with E-state index in [1.165, 1.54) is 0 Å². The first-order valence-electron chi connectivity index (χ1n) is 6.79. The van der Waals surface area contributed by atoms with Crippen molar-refractivity contribution < 1.29 is 14.7 Å². The number of hydrogen-bond acceptors (Lipinski definition) is 3. The Kier molecular flexibility index (Phi) is 4.22. The zero-order valence-corrected chi connectivity index (χ0v) is 10.9. The Bertz CT molecular complexity index is 332. The van der Waals surface area contributed by atoms with Crippen LogP contribution >= 0.6 is 0 Å². The van der Waals surface area contributed by atoms with Gasteiger partial charge in [-0.15, -0.1) is 0 Å². The minimum absolute atomic E-state index is 0.00407. The van der Waals surface area contributed by atoms with Crippen LogP contribution in [-0.2, 0) is 9.59 Å². The maximum absolute atomic E-state index is 12.1. The second kappa shape index (κ2) is 5.69. The molecule has 1 heterocycles. The summed E-state index contributed by atoms with van der Waals surface area (Å²) >= 11 is 0. The van der Waals surface area contributed by atoms with Gasteiger partial charge in [-0.3, -0.25) is 9.59 Å². The highest BCUT2D eigenvalue weighted by Crippen LogP contribution is 2.39. The lowest BCUT2D eigenvalue weighted by molar-refractivity contribution is -0.137. The predicted octanol–water partition coefficient (Wildman–Crippen LogP) is 0.555. The van der Waals surface area contributed by atoms with Gasteiger partial charge in [-0.25, -0.2) is 0 Å². The Hall–Kier alpha value is -1.10. The number of carbonyl (C=O) groups is 2. The maximum Gasteiger partial charge on any atom is 0.317 e. The minimum atomic E-state index is -0.828. The van der Waals surface area contributed by atoms with Crippen molar-refractivity contribution in [2.45, 2.75) is 26.2 Å². The van der Waals surface area contributed by atoms with E-state index in [1.807, 2.05) is 4.90 Å². The second-order valence-corrected chi connectivity index (χ2v) is 5.64. The maximum atomic E-state index is 12.1. The molecule has 102 valence electrons.